The summed E-state index contributed by atoms with van der Waals surface area (Å²) in [5.41, 5.74) is 5.00. The second-order valence-electron chi connectivity index (χ2n) is 5.69. The minimum atomic E-state index is -0.721. The first kappa shape index (κ1) is 11.4. The van der Waals surface area contributed by atoms with E-state index in [9.17, 15) is 5.11 Å². The molecule has 4 unspecified atom stereocenters. The topological polar surface area (TPSA) is 55.5 Å². The van der Waals surface area contributed by atoms with Gasteiger partial charge in [-0.2, -0.15) is 0 Å². The highest BCUT2D eigenvalue weighted by molar-refractivity contribution is 5.10. The van der Waals surface area contributed by atoms with Crippen LogP contribution in [0.25, 0.3) is 0 Å². The van der Waals surface area contributed by atoms with Crippen molar-refractivity contribution in [3.05, 3.63) is 0 Å². The van der Waals surface area contributed by atoms with Gasteiger partial charge in [0.1, 0.15) is 0 Å². The summed E-state index contributed by atoms with van der Waals surface area (Å²) in [6.07, 6.45) is 3.64. The summed E-state index contributed by atoms with van der Waals surface area (Å²) in [6, 6.07) is 0. The van der Waals surface area contributed by atoms with Crippen molar-refractivity contribution in [3.8, 4) is 0 Å². The van der Waals surface area contributed by atoms with Crippen LogP contribution in [0.1, 0.15) is 40.0 Å². The molecule has 2 aliphatic rings. The lowest BCUT2D eigenvalue weighted by molar-refractivity contribution is -0.127. The quantitative estimate of drug-likeness (QED) is 0.742. The van der Waals surface area contributed by atoms with Crippen LogP contribution in [0.4, 0.5) is 0 Å². The van der Waals surface area contributed by atoms with E-state index in [-0.39, 0.29) is 17.4 Å². The second-order valence-corrected chi connectivity index (χ2v) is 5.69. The zero-order valence-electron chi connectivity index (χ0n) is 9.99. The monoisotopic (exact) mass is 213 g/mol. The van der Waals surface area contributed by atoms with Crippen LogP contribution in [0.5, 0.6) is 0 Å². The highest BCUT2D eigenvalue weighted by Gasteiger charge is 2.60. The van der Waals surface area contributed by atoms with Crippen LogP contribution in [-0.2, 0) is 4.74 Å². The van der Waals surface area contributed by atoms with Gasteiger partial charge < -0.3 is 15.6 Å². The molecule has 0 aliphatic carbocycles. The Hall–Kier alpha value is -0.120. The number of hydrogen-bond acceptors (Lipinski definition) is 3. The Kier molecular flexibility index (Phi) is 2.61. The third-order valence-electron chi connectivity index (χ3n) is 4.81. The van der Waals surface area contributed by atoms with Crippen LogP contribution >= 0.6 is 0 Å². The largest absolute Gasteiger partial charge is 0.389 e. The van der Waals surface area contributed by atoms with Gasteiger partial charge in [-0.05, 0) is 32.1 Å². The van der Waals surface area contributed by atoms with Crippen molar-refractivity contribution in [3.63, 3.8) is 0 Å². The van der Waals surface area contributed by atoms with Crippen molar-refractivity contribution in [2.24, 2.45) is 17.1 Å². The van der Waals surface area contributed by atoms with Gasteiger partial charge in [0.25, 0.3) is 0 Å². The number of aliphatic hydroxyl groups is 1. The van der Waals surface area contributed by atoms with Crippen LogP contribution in [0, 0.1) is 11.3 Å². The van der Waals surface area contributed by atoms with Crippen LogP contribution in [-0.4, -0.2) is 29.5 Å². The van der Waals surface area contributed by atoms with Crippen molar-refractivity contribution in [2.75, 3.05) is 6.54 Å². The molecule has 0 spiro atoms. The standard InChI is InChI=1S/C12H23NO2/c1-8(2)11(3,14)12(7-13)6-9-4-5-10(12)15-9/h8-10,14H,4-7,13H2,1-3H3. The number of fused-ring (bicyclic) bond motifs is 2. The third kappa shape index (κ3) is 1.37. The number of nitrogens with two attached hydrogens (primary N) is 1. The lowest BCUT2D eigenvalue weighted by atomic mass is 9.60. The van der Waals surface area contributed by atoms with E-state index in [0.29, 0.717) is 12.6 Å². The summed E-state index contributed by atoms with van der Waals surface area (Å²) >= 11 is 0. The summed E-state index contributed by atoms with van der Waals surface area (Å²) < 4.78 is 5.88. The Balaban J connectivity index is 2.30. The molecule has 2 heterocycles. The Bertz CT molecular complexity index is 252. The third-order valence-corrected chi connectivity index (χ3v) is 4.81. The average molecular weight is 213 g/mol. The average Bonchev–Trinajstić information content (AvgIpc) is 2.76. The number of rotatable bonds is 3. The molecule has 0 aromatic carbocycles. The summed E-state index contributed by atoms with van der Waals surface area (Å²) in [4.78, 5) is 0. The van der Waals surface area contributed by atoms with Crippen molar-refractivity contribution in [2.45, 2.75) is 57.8 Å². The Morgan fingerprint density at radius 2 is 2.20 bits per heavy atom. The number of ether oxygens (including phenoxy) is 1. The molecule has 2 bridgehead atoms. The molecule has 3 heteroatoms. The summed E-state index contributed by atoms with van der Waals surface area (Å²) in [5.74, 6) is 0.212. The van der Waals surface area contributed by atoms with Crippen LogP contribution in [0.2, 0.25) is 0 Å². The second kappa shape index (κ2) is 3.44. The first-order valence-electron chi connectivity index (χ1n) is 6.02. The molecule has 3 nitrogen and oxygen atoms in total. The van der Waals surface area contributed by atoms with Gasteiger partial charge in [0, 0.05) is 12.0 Å². The minimum absolute atomic E-state index is 0.171. The molecule has 0 aromatic heterocycles. The molecule has 0 aromatic rings. The fourth-order valence-electron chi connectivity index (χ4n) is 3.33. The van der Waals surface area contributed by atoms with Crippen LogP contribution < -0.4 is 5.73 Å². The Labute approximate surface area is 92.0 Å². The number of hydrogen-bond donors (Lipinski definition) is 2. The molecule has 0 radical (unpaired) electrons. The fourth-order valence-corrected chi connectivity index (χ4v) is 3.33. The lowest BCUT2D eigenvalue weighted by Crippen LogP contribution is -2.58. The molecule has 3 N–H and O–H groups in total. The van der Waals surface area contributed by atoms with Gasteiger partial charge in [0.05, 0.1) is 17.8 Å². The van der Waals surface area contributed by atoms with Crippen molar-refractivity contribution in [1.29, 1.82) is 0 Å². The summed E-state index contributed by atoms with van der Waals surface area (Å²) in [6.45, 7) is 6.57. The summed E-state index contributed by atoms with van der Waals surface area (Å²) in [7, 11) is 0. The molecule has 2 saturated heterocycles. The highest BCUT2D eigenvalue weighted by atomic mass is 16.5. The van der Waals surface area contributed by atoms with E-state index < -0.39 is 5.60 Å². The van der Waals surface area contributed by atoms with E-state index >= 15 is 0 Å². The van der Waals surface area contributed by atoms with E-state index in [1.54, 1.807) is 0 Å². The predicted molar refractivity (Wildman–Crippen MR) is 59.5 cm³/mol. The zero-order chi connectivity index (χ0) is 11.3. The molecular weight excluding hydrogens is 190 g/mol. The smallest absolute Gasteiger partial charge is 0.0736 e. The predicted octanol–water partition coefficient (Wildman–Crippen LogP) is 1.29. The summed E-state index contributed by atoms with van der Waals surface area (Å²) in [5, 5.41) is 10.7. The van der Waals surface area contributed by atoms with Gasteiger partial charge in [-0.1, -0.05) is 13.8 Å². The molecule has 2 aliphatic heterocycles. The normalized spacial score (nSPS) is 43.6. The fraction of sp³-hybridized carbons (Fsp3) is 1.00. The molecule has 88 valence electrons. The van der Waals surface area contributed by atoms with Gasteiger partial charge in [0.15, 0.2) is 0 Å². The maximum Gasteiger partial charge on any atom is 0.0736 e. The first-order valence-corrected chi connectivity index (χ1v) is 6.02. The van der Waals surface area contributed by atoms with Crippen molar-refractivity contribution >= 4 is 0 Å². The molecule has 2 rings (SSSR count). The molecule has 0 saturated carbocycles. The van der Waals surface area contributed by atoms with E-state index in [2.05, 4.69) is 13.8 Å². The van der Waals surface area contributed by atoms with Gasteiger partial charge in [-0.15, -0.1) is 0 Å². The minimum Gasteiger partial charge on any atom is -0.389 e. The van der Waals surface area contributed by atoms with Gasteiger partial charge in [0.2, 0.25) is 0 Å². The van der Waals surface area contributed by atoms with E-state index in [4.69, 9.17) is 10.5 Å². The van der Waals surface area contributed by atoms with Crippen LogP contribution in [0.3, 0.4) is 0 Å². The van der Waals surface area contributed by atoms with Crippen molar-refractivity contribution in [1.82, 2.24) is 0 Å². The Morgan fingerprint density at radius 3 is 2.53 bits per heavy atom. The van der Waals surface area contributed by atoms with Crippen LogP contribution in [0.15, 0.2) is 0 Å². The molecule has 0 amide bonds. The molecule has 4 atom stereocenters. The highest BCUT2D eigenvalue weighted by Crippen LogP contribution is 2.54. The molecule has 2 fully saturated rings. The maximum atomic E-state index is 10.7. The SMILES string of the molecule is CC(C)C(C)(O)C1(CN)CC2CCC1O2. The maximum absolute atomic E-state index is 10.7. The zero-order valence-corrected chi connectivity index (χ0v) is 9.99. The van der Waals surface area contributed by atoms with E-state index in [1.165, 1.54) is 0 Å². The Morgan fingerprint density at radius 1 is 1.53 bits per heavy atom. The van der Waals surface area contributed by atoms with Gasteiger partial charge >= 0.3 is 0 Å². The van der Waals surface area contributed by atoms with Gasteiger partial charge in [-0.3, -0.25) is 0 Å². The first-order chi connectivity index (χ1) is 6.94. The lowest BCUT2D eigenvalue weighted by Gasteiger charge is -2.48. The van der Waals surface area contributed by atoms with Gasteiger partial charge in [-0.25, -0.2) is 0 Å². The molecular formula is C12H23NO2. The van der Waals surface area contributed by atoms with Crippen molar-refractivity contribution < 1.29 is 9.84 Å². The van der Waals surface area contributed by atoms with E-state index in [0.717, 1.165) is 19.3 Å². The van der Waals surface area contributed by atoms with E-state index in [1.807, 2.05) is 6.92 Å². The molecule has 15 heavy (non-hydrogen) atoms.